The molecule has 0 aromatic carbocycles. The summed E-state index contributed by atoms with van der Waals surface area (Å²) in [6.45, 7) is 6.56. The highest BCUT2D eigenvalue weighted by molar-refractivity contribution is 5.67. The lowest BCUT2D eigenvalue weighted by Crippen LogP contribution is -2.36. The van der Waals surface area contributed by atoms with E-state index in [0.717, 1.165) is 6.42 Å². The lowest BCUT2D eigenvalue weighted by Gasteiger charge is -2.15. The number of hydrogen-bond acceptors (Lipinski definition) is 3. The third kappa shape index (κ3) is 4.96. The Labute approximate surface area is 73.2 Å². The molecule has 0 saturated carbocycles. The Hall–Kier alpha value is -0.770. The molecule has 0 radical (unpaired) electrons. The van der Waals surface area contributed by atoms with Gasteiger partial charge in [0.15, 0.2) is 0 Å². The average Bonchev–Trinajstić information content (AvgIpc) is 2.04. The number of carbonyl (C=O) groups excluding carboxylic acids is 1. The van der Waals surface area contributed by atoms with Gasteiger partial charge in [0.05, 0.1) is 6.61 Å². The van der Waals surface area contributed by atoms with Crippen LogP contribution in [0, 0.1) is 0 Å². The van der Waals surface area contributed by atoms with Gasteiger partial charge in [-0.1, -0.05) is 6.92 Å². The summed E-state index contributed by atoms with van der Waals surface area (Å²) in [5.41, 5.74) is 0. The molecule has 0 rings (SSSR count). The van der Waals surface area contributed by atoms with E-state index in [4.69, 9.17) is 9.47 Å². The van der Waals surface area contributed by atoms with Crippen molar-refractivity contribution in [1.82, 2.24) is 5.32 Å². The number of rotatable bonds is 5. The largest absolute Gasteiger partial charge is 0.450 e. The molecule has 0 bridgehead atoms. The van der Waals surface area contributed by atoms with Crippen LogP contribution in [0.25, 0.3) is 0 Å². The molecule has 0 heterocycles. The quantitative estimate of drug-likeness (QED) is 0.644. The first kappa shape index (κ1) is 11.2. The summed E-state index contributed by atoms with van der Waals surface area (Å²) in [4.78, 5) is 10.9. The highest BCUT2D eigenvalue weighted by Crippen LogP contribution is 1.93. The van der Waals surface area contributed by atoms with E-state index < -0.39 is 6.09 Å². The summed E-state index contributed by atoms with van der Waals surface area (Å²) < 4.78 is 9.89. The van der Waals surface area contributed by atoms with Gasteiger partial charge in [-0.25, -0.2) is 4.79 Å². The number of alkyl carbamates (subject to hydrolysis) is 1. The molecule has 0 aromatic heterocycles. The molecule has 1 N–H and O–H groups in total. The third-order valence-corrected chi connectivity index (χ3v) is 1.29. The number of nitrogens with one attached hydrogen (secondary N) is 1. The topological polar surface area (TPSA) is 47.6 Å². The first-order valence-electron chi connectivity index (χ1n) is 4.29. The second kappa shape index (κ2) is 6.91. The molecule has 1 atom stereocenters. The molecule has 1 unspecified atom stereocenters. The fourth-order valence-electron chi connectivity index (χ4n) is 0.767. The van der Waals surface area contributed by atoms with E-state index in [2.05, 4.69) is 5.32 Å². The normalized spacial score (nSPS) is 12.2. The van der Waals surface area contributed by atoms with Gasteiger partial charge in [0.2, 0.25) is 0 Å². The van der Waals surface area contributed by atoms with E-state index in [1.807, 2.05) is 13.8 Å². The Morgan fingerprint density at radius 1 is 1.33 bits per heavy atom. The van der Waals surface area contributed by atoms with Gasteiger partial charge in [-0.15, -0.1) is 0 Å². The van der Waals surface area contributed by atoms with Crippen LogP contribution >= 0.6 is 0 Å². The van der Waals surface area contributed by atoms with Crippen molar-refractivity contribution >= 4 is 6.09 Å². The zero-order valence-corrected chi connectivity index (χ0v) is 7.92. The maximum absolute atomic E-state index is 10.9. The lowest BCUT2D eigenvalue weighted by molar-refractivity contribution is 0.0320. The van der Waals surface area contributed by atoms with Crippen molar-refractivity contribution in [2.45, 2.75) is 33.4 Å². The van der Waals surface area contributed by atoms with Gasteiger partial charge in [0.25, 0.3) is 0 Å². The first-order chi connectivity index (χ1) is 5.74. The second-order valence-electron chi connectivity index (χ2n) is 2.22. The Balaban J connectivity index is 3.61. The van der Waals surface area contributed by atoms with Crippen molar-refractivity contribution < 1.29 is 14.3 Å². The molecule has 0 spiro atoms. The Kier molecular flexibility index (Phi) is 6.47. The molecule has 0 fully saturated rings. The second-order valence-corrected chi connectivity index (χ2v) is 2.22. The maximum atomic E-state index is 10.9. The summed E-state index contributed by atoms with van der Waals surface area (Å²) in [6, 6.07) is 0. The van der Waals surface area contributed by atoms with Crippen LogP contribution in [-0.2, 0) is 9.47 Å². The van der Waals surface area contributed by atoms with Crippen molar-refractivity contribution in [1.29, 1.82) is 0 Å². The fourth-order valence-corrected chi connectivity index (χ4v) is 0.767. The summed E-state index contributed by atoms with van der Waals surface area (Å²) in [5.74, 6) is 0. The Morgan fingerprint density at radius 2 is 2.00 bits per heavy atom. The van der Waals surface area contributed by atoms with Crippen molar-refractivity contribution in [3.05, 3.63) is 0 Å². The predicted octanol–water partition coefficient (Wildman–Crippen LogP) is 1.51. The van der Waals surface area contributed by atoms with Crippen LogP contribution in [0.2, 0.25) is 0 Å². The van der Waals surface area contributed by atoms with Crippen molar-refractivity contribution in [2.75, 3.05) is 13.2 Å². The van der Waals surface area contributed by atoms with E-state index in [9.17, 15) is 4.79 Å². The van der Waals surface area contributed by atoms with Gasteiger partial charge in [0, 0.05) is 6.61 Å². The summed E-state index contributed by atoms with van der Waals surface area (Å²) in [6.07, 6.45) is 0.0963. The van der Waals surface area contributed by atoms with Crippen molar-refractivity contribution in [2.24, 2.45) is 0 Å². The highest BCUT2D eigenvalue weighted by Gasteiger charge is 2.09. The fraction of sp³-hybridized carbons (Fsp3) is 0.875. The standard InChI is InChI=1S/C8H17NO3/c1-4-7(11-5-2)9-8(10)12-6-3/h7H,4-6H2,1-3H3,(H,9,10). The lowest BCUT2D eigenvalue weighted by atomic mass is 10.4. The molecule has 0 aliphatic rings. The monoisotopic (exact) mass is 175 g/mol. The van der Waals surface area contributed by atoms with Crippen LogP contribution < -0.4 is 5.32 Å². The minimum Gasteiger partial charge on any atom is -0.450 e. The van der Waals surface area contributed by atoms with E-state index >= 15 is 0 Å². The molecule has 72 valence electrons. The van der Waals surface area contributed by atoms with Gasteiger partial charge in [-0.05, 0) is 20.3 Å². The Bertz CT molecular complexity index is 127. The number of ether oxygens (including phenoxy) is 2. The average molecular weight is 175 g/mol. The van der Waals surface area contributed by atoms with Crippen LogP contribution in [0.4, 0.5) is 4.79 Å². The SMILES string of the molecule is CCOC(=O)NC(CC)OCC. The summed E-state index contributed by atoms with van der Waals surface area (Å²) in [7, 11) is 0. The molecular formula is C8H17NO3. The third-order valence-electron chi connectivity index (χ3n) is 1.29. The molecule has 4 heteroatoms. The van der Waals surface area contributed by atoms with Gasteiger partial charge in [-0.3, -0.25) is 5.32 Å². The number of carbonyl (C=O) groups is 1. The molecule has 0 aliphatic carbocycles. The summed E-state index contributed by atoms with van der Waals surface area (Å²) in [5, 5.41) is 2.59. The first-order valence-corrected chi connectivity index (χ1v) is 4.29. The molecule has 4 nitrogen and oxygen atoms in total. The minimum atomic E-state index is -0.419. The zero-order valence-electron chi connectivity index (χ0n) is 7.92. The zero-order chi connectivity index (χ0) is 9.40. The van der Waals surface area contributed by atoms with Crippen LogP contribution in [0.15, 0.2) is 0 Å². The van der Waals surface area contributed by atoms with Crippen LogP contribution in [0.1, 0.15) is 27.2 Å². The molecule has 0 aromatic rings. The van der Waals surface area contributed by atoms with Gasteiger partial charge in [0.1, 0.15) is 6.23 Å². The molecule has 0 saturated heterocycles. The smallest absolute Gasteiger partial charge is 0.409 e. The predicted molar refractivity (Wildman–Crippen MR) is 45.9 cm³/mol. The van der Waals surface area contributed by atoms with Crippen molar-refractivity contribution in [3.8, 4) is 0 Å². The number of hydrogen-bond donors (Lipinski definition) is 1. The highest BCUT2D eigenvalue weighted by atomic mass is 16.6. The van der Waals surface area contributed by atoms with E-state index in [1.165, 1.54) is 0 Å². The van der Waals surface area contributed by atoms with E-state index in [1.54, 1.807) is 6.92 Å². The van der Waals surface area contributed by atoms with Crippen molar-refractivity contribution in [3.63, 3.8) is 0 Å². The summed E-state index contributed by atoms with van der Waals surface area (Å²) >= 11 is 0. The van der Waals surface area contributed by atoms with Crippen LogP contribution in [-0.4, -0.2) is 25.5 Å². The van der Waals surface area contributed by atoms with Crippen LogP contribution in [0.3, 0.4) is 0 Å². The van der Waals surface area contributed by atoms with Gasteiger partial charge in [-0.2, -0.15) is 0 Å². The molecule has 0 aliphatic heterocycles. The van der Waals surface area contributed by atoms with E-state index in [-0.39, 0.29) is 6.23 Å². The molecular weight excluding hydrogens is 158 g/mol. The Morgan fingerprint density at radius 3 is 2.42 bits per heavy atom. The van der Waals surface area contributed by atoms with Crippen LogP contribution in [0.5, 0.6) is 0 Å². The van der Waals surface area contributed by atoms with Gasteiger partial charge < -0.3 is 9.47 Å². The maximum Gasteiger partial charge on any atom is 0.409 e. The number of amides is 1. The molecule has 1 amide bonds. The minimum absolute atomic E-state index is 0.228. The van der Waals surface area contributed by atoms with E-state index in [0.29, 0.717) is 13.2 Å². The van der Waals surface area contributed by atoms with Gasteiger partial charge >= 0.3 is 6.09 Å². The molecule has 12 heavy (non-hydrogen) atoms.